The van der Waals surface area contributed by atoms with E-state index in [1.54, 1.807) is 13.0 Å². The number of aromatic hydroxyl groups is 1. The van der Waals surface area contributed by atoms with E-state index < -0.39 is 17.4 Å². The molecule has 0 radical (unpaired) electrons. The molecule has 1 amide bonds. The first kappa shape index (κ1) is 13.4. The highest BCUT2D eigenvalue weighted by molar-refractivity contribution is 5.98. The molecule has 6 nitrogen and oxygen atoms in total. The van der Waals surface area contributed by atoms with E-state index in [0.717, 1.165) is 0 Å². The molecule has 1 fully saturated rings. The molecule has 1 unspecified atom stereocenters. The van der Waals surface area contributed by atoms with Gasteiger partial charge in [0.1, 0.15) is 5.75 Å². The van der Waals surface area contributed by atoms with Crippen LogP contribution in [0.25, 0.3) is 0 Å². The normalized spacial score (nSPS) is 22.2. The lowest BCUT2D eigenvalue weighted by Crippen LogP contribution is -2.55. The van der Waals surface area contributed by atoms with Gasteiger partial charge in [0.05, 0.1) is 6.61 Å². The van der Waals surface area contributed by atoms with Crippen LogP contribution in [0.15, 0.2) is 18.2 Å². The topological polar surface area (TPSA) is 95.9 Å². The minimum atomic E-state index is -1.38. The number of carboxylic acids is 1. The number of benzene rings is 1. The van der Waals surface area contributed by atoms with Crippen LogP contribution in [0.2, 0.25) is 0 Å². The maximum Gasteiger partial charge on any atom is 0.331 e. The fourth-order valence-corrected chi connectivity index (χ4v) is 1.93. The van der Waals surface area contributed by atoms with Crippen LogP contribution in [0.5, 0.6) is 5.75 Å². The molecule has 0 spiro atoms. The number of carbonyl (C=O) groups is 2. The number of carbonyl (C=O) groups excluding carboxylic acids is 1. The number of hydrogen-bond donors (Lipinski definition) is 3. The molecule has 1 heterocycles. The van der Waals surface area contributed by atoms with Gasteiger partial charge in [-0.2, -0.15) is 0 Å². The van der Waals surface area contributed by atoms with Gasteiger partial charge >= 0.3 is 5.97 Å². The molecule has 1 aliphatic heterocycles. The summed E-state index contributed by atoms with van der Waals surface area (Å²) in [6.07, 6.45) is 0.228. The quantitative estimate of drug-likeness (QED) is 0.746. The van der Waals surface area contributed by atoms with Gasteiger partial charge in [-0.3, -0.25) is 4.79 Å². The first-order valence-corrected chi connectivity index (χ1v) is 5.88. The number of phenolic OH excluding ortho intramolecular Hbond substituents is 1. The van der Waals surface area contributed by atoms with Crippen molar-refractivity contribution in [1.29, 1.82) is 0 Å². The molecule has 1 aromatic carbocycles. The first-order chi connectivity index (χ1) is 8.94. The third-order valence-electron chi connectivity index (χ3n) is 3.26. The fraction of sp³-hybridized carbons (Fsp3) is 0.385. The van der Waals surface area contributed by atoms with Crippen molar-refractivity contribution in [2.45, 2.75) is 18.9 Å². The zero-order valence-electron chi connectivity index (χ0n) is 10.5. The summed E-state index contributed by atoms with van der Waals surface area (Å²) < 4.78 is 5.06. The summed E-state index contributed by atoms with van der Waals surface area (Å²) in [6.45, 7) is 1.96. The van der Waals surface area contributed by atoms with Gasteiger partial charge in [-0.25, -0.2) is 4.79 Å². The van der Waals surface area contributed by atoms with Crippen molar-refractivity contribution in [3.63, 3.8) is 0 Å². The largest absolute Gasteiger partial charge is 0.508 e. The van der Waals surface area contributed by atoms with Gasteiger partial charge in [-0.1, -0.05) is 6.07 Å². The van der Waals surface area contributed by atoms with E-state index in [-0.39, 0.29) is 24.3 Å². The minimum absolute atomic E-state index is 0.000281. The Morgan fingerprint density at radius 1 is 1.42 bits per heavy atom. The van der Waals surface area contributed by atoms with Crippen molar-refractivity contribution in [2.24, 2.45) is 0 Å². The summed E-state index contributed by atoms with van der Waals surface area (Å²) in [7, 11) is 0. The summed E-state index contributed by atoms with van der Waals surface area (Å²) in [5.41, 5.74) is -0.512. The molecular formula is C13H15NO5. The molecule has 2 rings (SSSR count). The van der Waals surface area contributed by atoms with E-state index in [1.165, 1.54) is 12.1 Å². The Labute approximate surface area is 110 Å². The van der Waals surface area contributed by atoms with Gasteiger partial charge in [0, 0.05) is 18.6 Å². The van der Waals surface area contributed by atoms with Crippen molar-refractivity contribution in [2.75, 3.05) is 13.2 Å². The van der Waals surface area contributed by atoms with Gasteiger partial charge < -0.3 is 20.3 Å². The summed E-state index contributed by atoms with van der Waals surface area (Å²) in [4.78, 5) is 23.3. The van der Waals surface area contributed by atoms with Gasteiger partial charge in [-0.15, -0.1) is 0 Å². The zero-order chi connectivity index (χ0) is 14.0. The second-order valence-electron chi connectivity index (χ2n) is 4.65. The second kappa shape index (κ2) is 4.89. The zero-order valence-corrected chi connectivity index (χ0v) is 10.5. The van der Waals surface area contributed by atoms with Crippen LogP contribution >= 0.6 is 0 Å². The lowest BCUT2D eigenvalue weighted by atomic mass is 9.98. The molecule has 3 N–H and O–H groups in total. The Kier molecular flexibility index (Phi) is 3.44. The van der Waals surface area contributed by atoms with Crippen LogP contribution in [-0.4, -0.2) is 40.8 Å². The monoisotopic (exact) mass is 265 g/mol. The van der Waals surface area contributed by atoms with Crippen LogP contribution in [0, 0.1) is 6.92 Å². The number of amides is 1. The molecule has 6 heteroatoms. The third kappa shape index (κ3) is 2.53. The van der Waals surface area contributed by atoms with Crippen molar-refractivity contribution in [3.8, 4) is 5.75 Å². The fourth-order valence-electron chi connectivity index (χ4n) is 1.93. The van der Waals surface area contributed by atoms with E-state index in [0.29, 0.717) is 12.2 Å². The molecule has 0 saturated carbocycles. The highest BCUT2D eigenvalue weighted by Gasteiger charge is 2.44. The van der Waals surface area contributed by atoms with E-state index in [4.69, 9.17) is 4.74 Å². The molecule has 1 aliphatic rings. The maximum absolute atomic E-state index is 12.0. The van der Waals surface area contributed by atoms with Crippen LogP contribution in [0.4, 0.5) is 0 Å². The Balaban J connectivity index is 2.20. The molecular weight excluding hydrogens is 250 g/mol. The van der Waals surface area contributed by atoms with Gasteiger partial charge in [0.2, 0.25) is 0 Å². The summed E-state index contributed by atoms with van der Waals surface area (Å²) >= 11 is 0. The Hall–Kier alpha value is -2.08. The molecule has 0 bridgehead atoms. The minimum Gasteiger partial charge on any atom is -0.508 e. The van der Waals surface area contributed by atoms with Crippen molar-refractivity contribution >= 4 is 11.9 Å². The second-order valence-corrected chi connectivity index (χ2v) is 4.65. The average Bonchev–Trinajstić information content (AvgIpc) is 2.82. The van der Waals surface area contributed by atoms with Gasteiger partial charge in [0.15, 0.2) is 5.54 Å². The van der Waals surface area contributed by atoms with Gasteiger partial charge in [0.25, 0.3) is 5.91 Å². The molecule has 19 heavy (non-hydrogen) atoms. The number of aryl methyl sites for hydroxylation is 1. The number of hydrogen-bond acceptors (Lipinski definition) is 4. The highest BCUT2D eigenvalue weighted by atomic mass is 16.5. The lowest BCUT2D eigenvalue weighted by molar-refractivity contribution is -0.144. The predicted octanol–water partition coefficient (Wildman–Crippen LogP) is 0.674. The summed E-state index contributed by atoms with van der Waals surface area (Å²) in [5, 5.41) is 21.3. The SMILES string of the molecule is Cc1ccc(C(=O)NC2(C(=O)O)CCOC2)cc1O. The molecule has 102 valence electrons. The number of carboxylic acid groups (broad SMARTS) is 1. The van der Waals surface area contributed by atoms with E-state index >= 15 is 0 Å². The summed E-state index contributed by atoms with van der Waals surface area (Å²) in [6, 6.07) is 4.45. The van der Waals surface area contributed by atoms with E-state index in [2.05, 4.69) is 5.32 Å². The number of nitrogens with one attached hydrogen (secondary N) is 1. The lowest BCUT2D eigenvalue weighted by Gasteiger charge is -2.23. The highest BCUT2D eigenvalue weighted by Crippen LogP contribution is 2.21. The molecule has 1 saturated heterocycles. The van der Waals surface area contributed by atoms with E-state index in [1.807, 2.05) is 0 Å². The number of ether oxygens (including phenoxy) is 1. The van der Waals surface area contributed by atoms with Gasteiger partial charge in [-0.05, 0) is 24.6 Å². The van der Waals surface area contributed by atoms with Crippen LogP contribution in [0.3, 0.4) is 0 Å². The van der Waals surface area contributed by atoms with Crippen LogP contribution in [-0.2, 0) is 9.53 Å². The number of phenols is 1. The Bertz CT molecular complexity index is 520. The Morgan fingerprint density at radius 2 is 2.16 bits per heavy atom. The van der Waals surface area contributed by atoms with Crippen LogP contribution < -0.4 is 5.32 Å². The van der Waals surface area contributed by atoms with Crippen molar-refractivity contribution in [3.05, 3.63) is 29.3 Å². The van der Waals surface area contributed by atoms with Crippen molar-refractivity contribution in [1.82, 2.24) is 5.32 Å². The third-order valence-corrected chi connectivity index (χ3v) is 3.26. The summed E-state index contributed by atoms with van der Waals surface area (Å²) in [5.74, 6) is -1.66. The predicted molar refractivity (Wildman–Crippen MR) is 66.1 cm³/mol. The maximum atomic E-state index is 12.0. The van der Waals surface area contributed by atoms with E-state index in [9.17, 15) is 19.8 Å². The van der Waals surface area contributed by atoms with Crippen LogP contribution in [0.1, 0.15) is 22.3 Å². The standard InChI is InChI=1S/C13H15NO5/c1-8-2-3-9(6-10(8)15)11(16)14-13(12(17)18)4-5-19-7-13/h2-3,6,15H,4-5,7H2,1H3,(H,14,16)(H,17,18). The first-order valence-electron chi connectivity index (χ1n) is 5.88. The number of aliphatic carboxylic acids is 1. The smallest absolute Gasteiger partial charge is 0.331 e. The van der Waals surface area contributed by atoms with Crippen molar-refractivity contribution < 1.29 is 24.5 Å². The molecule has 0 aliphatic carbocycles. The Morgan fingerprint density at radius 3 is 2.68 bits per heavy atom. The number of rotatable bonds is 3. The molecule has 1 aromatic rings. The molecule has 0 aromatic heterocycles. The molecule has 1 atom stereocenters. The average molecular weight is 265 g/mol.